The first-order chi connectivity index (χ1) is 11.1. The van der Waals surface area contributed by atoms with Crippen LogP contribution in [0.25, 0.3) is 0 Å². The molecule has 0 saturated heterocycles. The van der Waals surface area contributed by atoms with Crippen molar-refractivity contribution in [2.45, 2.75) is 32.2 Å². The van der Waals surface area contributed by atoms with E-state index >= 15 is 0 Å². The lowest BCUT2D eigenvalue weighted by Gasteiger charge is -2.14. The zero-order valence-electron chi connectivity index (χ0n) is 14.2. The third kappa shape index (κ3) is 6.30. The fourth-order valence-corrected chi connectivity index (χ4v) is 2.49. The molecule has 0 aliphatic rings. The predicted molar refractivity (Wildman–Crippen MR) is 99.5 cm³/mol. The molecule has 4 nitrogen and oxygen atoms in total. The Labute approximate surface area is 149 Å². The lowest BCUT2D eigenvalue weighted by molar-refractivity contribution is 0.373. The molecule has 2 aromatic carbocycles. The van der Waals surface area contributed by atoms with E-state index in [1.807, 2.05) is 24.3 Å². The van der Waals surface area contributed by atoms with Gasteiger partial charge in [-0.05, 0) is 68.1 Å². The van der Waals surface area contributed by atoms with E-state index in [0.29, 0.717) is 17.5 Å². The number of phenols is 2. The molecule has 2 rings (SSSR count). The zero-order valence-corrected chi connectivity index (χ0v) is 15.0. The Morgan fingerprint density at radius 2 is 1.67 bits per heavy atom. The molecule has 0 spiro atoms. The van der Waals surface area contributed by atoms with Crippen molar-refractivity contribution in [3.63, 3.8) is 0 Å². The number of methoxy groups -OCH3 is 1. The van der Waals surface area contributed by atoms with Gasteiger partial charge in [0.25, 0.3) is 0 Å². The van der Waals surface area contributed by atoms with E-state index in [2.05, 4.69) is 12.2 Å². The van der Waals surface area contributed by atoms with Gasteiger partial charge in [0.15, 0.2) is 11.5 Å². The van der Waals surface area contributed by atoms with Crippen LogP contribution in [0.2, 0.25) is 0 Å². The average molecular weight is 352 g/mol. The second kappa shape index (κ2) is 10.1. The topological polar surface area (TPSA) is 61.7 Å². The van der Waals surface area contributed by atoms with Gasteiger partial charge in [-0.1, -0.05) is 18.2 Å². The van der Waals surface area contributed by atoms with E-state index in [0.717, 1.165) is 31.4 Å². The van der Waals surface area contributed by atoms with E-state index in [4.69, 9.17) is 4.74 Å². The van der Waals surface area contributed by atoms with Gasteiger partial charge in [0, 0.05) is 6.04 Å². The van der Waals surface area contributed by atoms with Crippen molar-refractivity contribution >= 4 is 12.4 Å². The monoisotopic (exact) mass is 351 g/mol. The van der Waals surface area contributed by atoms with E-state index in [-0.39, 0.29) is 18.2 Å². The Balaban J connectivity index is 0.00000288. The molecule has 0 bridgehead atoms. The lowest BCUT2D eigenvalue weighted by Crippen LogP contribution is -2.28. The van der Waals surface area contributed by atoms with Crippen LogP contribution in [0.4, 0.5) is 0 Å². The van der Waals surface area contributed by atoms with Gasteiger partial charge < -0.3 is 20.3 Å². The number of aromatic hydroxyl groups is 2. The van der Waals surface area contributed by atoms with E-state index in [9.17, 15) is 10.2 Å². The Kier molecular flexibility index (Phi) is 8.44. The lowest BCUT2D eigenvalue weighted by atomic mass is 10.1. The van der Waals surface area contributed by atoms with Gasteiger partial charge in [0.05, 0.1) is 7.11 Å². The highest BCUT2D eigenvalue weighted by atomic mass is 35.5. The van der Waals surface area contributed by atoms with Crippen LogP contribution in [0.1, 0.15) is 24.5 Å². The van der Waals surface area contributed by atoms with Crippen LogP contribution in [0, 0.1) is 0 Å². The first-order valence-corrected chi connectivity index (χ1v) is 7.95. The molecule has 0 heterocycles. The zero-order chi connectivity index (χ0) is 16.7. The van der Waals surface area contributed by atoms with Crippen molar-refractivity contribution in [3.05, 3.63) is 53.6 Å². The van der Waals surface area contributed by atoms with Gasteiger partial charge in [-0.3, -0.25) is 0 Å². The number of hydrogen-bond donors (Lipinski definition) is 3. The van der Waals surface area contributed by atoms with Crippen LogP contribution < -0.4 is 10.1 Å². The third-order valence-electron chi connectivity index (χ3n) is 3.95. The summed E-state index contributed by atoms with van der Waals surface area (Å²) in [5, 5.41) is 22.4. The van der Waals surface area contributed by atoms with Crippen molar-refractivity contribution in [3.8, 4) is 17.2 Å². The summed E-state index contributed by atoms with van der Waals surface area (Å²) < 4.78 is 5.12. The summed E-state index contributed by atoms with van der Waals surface area (Å²) in [5.74, 6) is 0.999. The second-order valence-electron chi connectivity index (χ2n) is 5.82. The highest BCUT2D eigenvalue weighted by Crippen LogP contribution is 2.26. The van der Waals surface area contributed by atoms with E-state index < -0.39 is 0 Å². The summed E-state index contributed by atoms with van der Waals surface area (Å²) in [4.78, 5) is 0. The van der Waals surface area contributed by atoms with Crippen molar-refractivity contribution in [2.24, 2.45) is 0 Å². The SMILES string of the molecule is COc1cc(CCNC(C)CCc2ccc(O)cc2)ccc1O.Cl. The van der Waals surface area contributed by atoms with Crippen LogP contribution >= 0.6 is 12.4 Å². The fraction of sp³-hybridized carbons (Fsp3) is 0.368. The van der Waals surface area contributed by atoms with Gasteiger partial charge in [0.1, 0.15) is 5.75 Å². The quantitative estimate of drug-likeness (QED) is 0.679. The fourth-order valence-electron chi connectivity index (χ4n) is 2.49. The minimum Gasteiger partial charge on any atom is -0.508 e. The molecular formula is C19H26ClNO3. The smallest absolute Gasteiger partial charge is 0.160 e. The van der Waals surface area contributed by atoms with Crippen molar-refractivity contribution in [1.82, 2.24) is 5.32 Å². The second-order valence-corrected chi connectivity index (χ2v) is 5.82. The molecule has 3 N–H and O–H groups in total. The Hall–Kier alpha value is -1.91. The van der Waals surface area contributed by atoms with Crippen LogP contribution in [-0.2, 0) is 12.8 Å². The van der Waals surface area contributed by atoms with E-state index in [1.165, 1.54) is 5.56 Å². The molecule has 0 amide bonds. The molecule has 0 fully saturated rings. The summed E-state index contributed by atoms with van der Waals surface area (Å²) in [7, 11) is 1.56. The average Bonchev–Trinajstić information content (AvgIpc) is 2.56. The maximum Gasteiger partial charge on any atom is 0.160 e. The molecule has 0 aliphatic carbocycles. The molecule has 132 valence electrons. The molecule has 24 heavy (non-hydrogen) atoms. The molecule has 5 heteroatoms. The maximum absolute atomic E-state index is 9.59. The molecule has 1 atom stereocenters. The van der Waals surface area contributed by atoms with Crippen LogP contribution in [-0.4, -0.2) is 29.9 Å². The molecule has 2 aromatic rings. The minimum atomic E-state index is 0. The minimum absolute atomic E-state index is 0. The molecule has 0 radical (unpaired) electrons. The van der Waals surface area contributed by atoms with Crippen molar-refractivity contribution in [2.75, 3.05) is 13.7 Å². The number of ether oxygens (including phenoxy) is 1. The highest BCUT2D eigenvalue weighted by molar-refractivity contribution is 5.85. The summed E-state index contributed by atoms with van der Waals surface area (Å²) in [6.45, 7) is 3.06. The number of benzene rings is 2. The first kappa shape index (κ1) is 20.1. The standard InChI is InChI=1S/C19H25NO3.ClH/c1-14(3-4-15-5-8-17(21)9-6-15)20-12-11-16-7-10-18(22)19(13-16)23-2;/h5-10,13-14,20-22H,3-4,11-12H2,1-2H3;1H. The number of nitrogens with one attached hydrogen (secondary N) is 1. The van der Waals surface area contributed by atoms with Gasteiger partial charge in [-0.2, -0.15) is 0 Å². The first-order valence-electron chi connectivity index (χ1n) is 7.95. The van der Waals surface area contributed by atoms with Gasteiger partial charge in [0.2, 0.25) is 0 Å². The van der Waals surface area contributed by atoms with E-state index in [1.54, 1.807) is 25.3 Å². The third-order valence-corrected chi connectivity index (χ3v) is 3.95. The summed E-state index contributed by atoms with van der Waals surface area (Å²) in [6, 6.07) is 13.3. The molecule has 0 aliphatic heterocycles. The molecule has 0 aromatic heterocycles. The van der Waals surface area contributed by atoms with Crippen molar-refractivity contribution in [1.29, 1.82) is 0 Å². The maximum atomic E-state index is 9.59. The largest absolute Gasteiger partial charge is 0.508 e. The summed E-state index contributed by atoms with van der Waals surface area (Å²) >= 11 is 0. The highest BCUT2D eigenvalue weighted by Gasteiger charge is 2.05. The normalized spacial score (nSPS) is 11.6. The number of rotatable bonds is 8. The van der Waals surface area contributed by atoms with Gasteiger partial charge in [-0.15, -0.1) is 12.4 Å². The van der Waals surface area contributed by atoms with Crippen molar-refractivity contribution < 1.29 is 14.9 Å². The summed E-state index contributed by atoms with van der Waals surface area (Å²) in [5.41, 5.74) is 2.37. The number of aryl methyl sites for hydroxylation is 1. The van der Waals surface area contributed by atoms with Gasteiger partial charge >= 0.3 is 0 Å². The number of halogens is 1. The Morgan fingerprint density at radius 3 is 2.33 bits per heavy atom. The van der Waals surface area contributed by atoms with Crippen LogP contribution in [0.3, 0.4) is 0 Å². The molecule has 1 unspecified atom stereocenters. The molecular weight excluding hydrogens is 326 g/mol. The number of phenolic OH excluding ortho intramolecular Hbond substituents is 2. The Morgan fingerprint density at radius 1 is 1.00 bits per heavy atom. The Bertz CT molecular complexity index is 617. The summed E-state index contributed by atoms with van der Waals surface area (Å²) in [6.07, 6.45) is 2.92. The van der Waals surface area contributed by atoms with Crippen LogP contribution in [0.15, 0.2) is 42.5 Å². The number of hydrogen-bond acceptors (Lipinski definition) is 4. The molecule has 0 saturated carbocycles. The van der Waals surface area contributed by atoms with Crippen LogP contribution in [0.5, 0.6) is 17.2 Å². The predicted octanol–water partition coefficient (Wildman–Crippen LogP) is 3.68. The van der Waals surface area contributed by atoms with Gasteiger partial charge in [-0.25, -0.2) is 0 Å².